The summed E-state index contributed by atoms with van der Waals surface area (Å²) in [7, 11) is 0. The molecule has 0 rings (SSSR count). The van der Waals surface area contributed by atoms with Gasteiger partial charge in [0.2, 0.25) is 0 Å². The molecule has 0 spiro atoms. The molecule has 0 aromatic carbocycles. The number of carboxylic acids is 1. The normalized spacial score (nSPS) is 10.3. The third kappa shape index (κ3) is 11.9. The van der Waals surface area contributed by atoms with Gasteiger partial charge < -0.3 is 5.11 Å². The summed E-state index contributed by atoms with van der Waals surface area (Å²) in [4.78, 5) is 15.5. The van der Waals surface area contributed by atoms with Crippen LogP contribution in [0.3, 0.4) is 0 Å². The third-order valence-electron chi connectivity index (χ3n) is 2.50. The molecule has 0 atom stereocenters. The van der Waals surface area contributed by atoms with Crippen LogP contribution in [0.5, 0.6) is 0 Å². The van der Waals surface area contributed by atoms with Crippen molar-refractivity contribution in [2.45, 2.75) is 47.5 Å². The molecule has 114 valence electrons. The van der Waals surface area contributed by atoms with E-state index in [9.17, 15) is 4.79 Å². The maximum Gasteiger partial charge on any atom is 0.330 e. The first-order valence-corrected chi connectivity index (χ1v) is 7.05. The second-order valence-electron chi connectivity index (χ2n) is 3.97. The monoisotopic (exact) mass is 274 g/mol. The second kappa shape index (κ2) is 13.5. The first kappa shape index (κ1) is 20.4. The molecule has 19 heavy (non-hydrogen) atoms. The summed E-state index contributed by atoms with van der Waals surface area (Å²) in [6, 6.07) is 0. The van der Waals surface area contributed by atoms with E-state index in [-0.39, 0.29) is 0 Å². The molecule has 5 nitrogen and oxygen atoms in total. The minimum Gasteiger partial charge on any atom is -0.478 e. The minimum atomic E-state index is -0.883. The molecular weight excluding hydrogens is 244 g/mol. The SMILES string of the molecule is C=C(CCC)C(=O)O.CCN(CC)ON(CC)CC. The fourth-order valence-corrected chi connectivity index (χ4v) is 1.25. The van der Waals surface area contributed by atoms with Gasteiger partial charge in [0.25, 0.3) is 0 Å². The van der Waals surface area contributed by atoms with Crippen LogP contribution < -0.4 is 0 Å². The summed E-state index contributed by atoms with van der Waals surface area (Å²) < 4.78 is 0. The molecule has 0 saturated heterocycles. The Bertz CT molecular complexity index is 227. The number of hydrogen-bond donors (Lipinski definition) is 1. The van der Waals surface area contributed by atoms with Gasteiger partial charge in [-0.15, -0.1) is 0 Å². The topological polar surface area (TPSA) is 53.0 Å². The van der Waals surface area contributed by atoms with Crippen LogP contribution in [-0.4, -0.2) is 47.4 Å². The van der Waals surface area contributed by atoms with E-state index in [0.29, 0.717) is 12.0 Å². The Labute approximate surface area is 117 Å². The molecule has 1 N–H and O–H groups in total. The number of nitrogens with zero attached hydrogens (tertiary/aromatic N) is 2. The lowest BCUT2D eigenvalue weighted by atomic mass is 10.2. The average Bonchev–Trinajstić information content (AvgIpc) is 2.41. The Morgan fingerprint density at radius 3 is 1.53 bits per heavy atom. The quantitative estimate of drug-likeness (QED) is 0.517. The molecule has 0 aliphatic heterocycles. The van der Waals surface area contributed by atoms with Crippen molar-refractivity contribution < 1.29 is 14.8 Å². The van der Waals surface area contributed by atoms with Gasteiger partial charge in [0, 0.05) is 31.8 Å². The lowest BCUT2D eigenvalue weighted by Crippen LogP contribution is -2.34. The number of hydrogen-bond acceptors (Lipinski definition) is 4. The summed E-state index contributed by atoms with van der Waals surface area (Å²) in [6.45, 7) is 17.4. The molecule has 0 aliphatic rings. The minimum absolute atomic E-state index is 0.299. The van der Waals surface area contributed by atoms with Crippen molar-refractivity contribution in [1.82, 2.24) is 10.1 Å². The molecule has 5 heteroatoms. The molecule has 0 radical (unpaired) electrons. The van der Waals surface area contributed by atoms with Crippen molar-refractivity contribution in [3.05, 3.63) is 12.2 Å². The van der Waals surface area contributed by atoms with Gasteiger partial charge >= 0.3 is 5.97 Å². The maximum absolute atomic E-state index is 9.99. The standard InChI is InChI=1S/C8H20N2O.C6H10O2/c1-5-9(6-2)11-10(7-3)8-4;1-3-4-5(2)6(7)8/h5-8H2,1-4H3;2-4H2,1H3,(H,7,8). The van der Waals surface area contributed by atoms with Crippen molar-refractivity contribution >= 4 is 5.97 Å². The van der Waals surface area contributed by atoms with Crippen LogP contribution in [0.15, 0.2) is 12.2 Å². The third-order valence-corrected chi connectivity index (χ3v) is 2.50. The number of rotatable bonds is 9. The van der Waals surface area contributed by atoms with Gasteiger partial charge in [-0.1, -0.05) is 47.6 Å². The number of carboxylic acid groups (broad SMARTS) is 1. The smallest absolute Gasteiger partial charge is 0.330 e. The molecule has 0 amide bonds. The van der Waals surface area contributed by atoms with Crippen LogP contribution >= 0.6 is 0 Å². The van der Waals surface area contributed by atoms with Crippen LogP contribution in [0, 0.1) is 0 Å². The lowest BCUT2D eigenvalue weighted by molar-refractivity contribution is -0.319. The summed E-state index contributed by atoms with van der Waals surface area (Å²) in [5.74, 6) is -0.883. The Morgan fingerprint density at radius 1 is 1.00 bits per heavy atom. The Morgan fingerprint density at radius 2 is 1.37 bits per heavy atom. The van der Waals surface area contributed by atoms with E-state index in [2.05, 4.69) is 34.3 Å². The van der Waals surface area contributed by atoms with Gasteiger partial charge in [-0.25, -0.2) is 9.73 Å². The van der Waals surface area contributed by atoms with Crippen LogP contribution in [0.4, 0.5) is 0 Å². The molecule has 0 heterocycles. The van der Waals surface area contributed by atoms with Crippen molar-refractivity contribution in [1.29, 1.82) is 0 Å². The zero-order valence-corrected chi connectivity index (χ0v) is 13.1. The van der Waals surface area contributed by atoms with E-state index >= 15 is 0 Å². The predicted molar refractivity (Wildman–Crippen MR) is 78.6 cm³/mol. The van der Waals surface area contributed by atoms with E-state index in [0.717, 1.165) is 32.6 Å². The molecule has 0 aliphatic carbocycles. The first-order valence-electron chi connectivity index (χ1n) is 7.05. The summed E-state index contributed by atoms with van der Waals surface area (Å²) in [5.41, 5.74) is 0.299. The van der Waals surface area contributed by atoms with Crippen molar-refractivity contribution in [3.8, 4) is 0 Å². The number of aliphatic carboxylic acids is 1. The van der Waals surface area contributed by atoms with E-state index in [1.54, 1.807) is 0 Å². The molecule has 0 saturated carbocycles. The van der Waals surface area contributed by atoms with E-state index in [1.807, 2.05) is 17.1 Å². The van der Waals surface area contributed by atoms with Crippen molar-refractivity contribution in [2.75, 3.05) is 26.2 Å². The van der Waals surface area contributed by atoms with Crippen LogP contribution in [0.25, 0.3) is 0 Å². The summed E-state index contributed by atoms with van der Waals surface area (Å²) in [6.07, 6.45) is 1.44. The predicted octanol–water partition coefficient (Wildman–Crippen LogP) is 2.94. The van der Waals surface area contributed by atoms with Crippen LogP contribution in [0.2, 0.25) is 0 Å². The van der Waals surface area contributed by atoms with Gasteiger partial charge in [-0.05, 0) is 6.42 Å². The largest absolute Gasteiger partial charge is 0.478 e. The van der Waals surface area contributed by atoms with Crippen LogP contribution in [0.1, 0.15) is 47.5 Å². The molecular formula is C14H30N2O3. The van der Waals surface area contributed by atoms with E-state index in [1.165, 1.54) is 0 Å². The van der Waals surface area contributed by atoms with Gasteiger partial charge in [0.15, 0.2) is 0 Å². The second-order valence-corrected chi connectivity index (χ2v) is 3.97. The number of hydroxylamine groups is 4. The Balaban J connectivity index is 0. The van der Waals surface area contributed by atoms with Crippen molar-refractivity contribution in [3.63, 3.8) is 0 Å². The van der Waals surface area contributed by atoms with Crippen LogP contribution in [-0.2, 0) is 9.73 Å². The molecule has 0 bridgehead atoms. The fourth-order valence-electron chi connectivity index (χ4n) is 1.25. The Hall–Kier alpha value is -0.910. The summed E-state index contributed by atoms with van der Waals surface area (Å²) in [5, 5.41) is 12.1. The highest BCUT2D eigenvalue weighted by Crippen LogP contribution is 1.99. The van der Waals surface area contributed by atoms with Gasteiger partial charge in [-0.2, -0.15) is 10.1 Å². The molecule has 0 unspecified atom stereocenters. The zero-order chi connectivity index (χ0) is 15.3. The highest BCUT2D eigenvalue weighted by molar-refractivity contribution is 5.85. The van der Waals surface area contributed by atoms with Gasteiger partial charge in [0.1, 0.15) is 0 Å². The van der Waals surface area contributed by atoms with E-state index < -0.39 is 5.97 Å². The van der Waals surface area contributed by atoms with Gasteiger partial charge in [-0.3, -0.25) is 0 Å². The number of carbonyl (C=O) groups is 1. The molecule has 0 aromatic rings. The van der Waals surface area contributed by atoms with E-state index in [4.69, 9.17) is 10.0 Å². The highest BCUT2D eigenvalue weighted by Gasteiger charge is 2.04. The Kier molecular flexibility index (Phi) is 14.5. The average molecular weight is 274 g/mol. The maximum atomic E-state index is 9.99. The highest BCUT2D eigenvalue weighted by atomic mass is 16.8. The zero-order valence-electron chi connectivity index (χ0n) is 13.1. The first-order chi connectivity index (χ1) is 8.96. The van der Waals surface area contributed by atoms with Gasteiger partial charge in [0.05, 0.1) is 0 Å². The van der Waals surface area contributed by atoms with Crippen molar-refractivity contribution in [2.24, 2.45) is 0 Å². The molecule has 0 fully saturated rings. The fraction of sp³-hybridized carbons (Fsp3) is 0.786. The molecule has 0 aromatic heterocycles. The summed E-state index contributed by atoms with van der Waals surface area (Å²) >= 11 is 0. The lowest BCUT2D eigenvalue weighted by Gasteiger charge is -2.25.